The van der Waals surface area contributed by atoms with Crippen LogP contribution >= 0.6 is 23.8 Å². The summed E-state index contributed by atoms with van der Waals surface area (Å²) in [6, 6.07) is 16.4. The second kappa shape index (κ2) is 7.03. The van der Waals surface area contributed by atoms with Crippen LogP contribution in [0.2, 0.25) is 5.02 Å². The highest BCUT2D eigenvalue weighted by molar-refractivity contribution is 7.80. The molecule has 0 aliphatic rings. The number of hydrogen-bond donors (Lipinski definition) is 1. The van der Waals surface area contributed by atoms with Gasteiger partial charge in [0.1, 0.15) is 4.99 Å². The van der Waals surface area contributed by atoms with Gasteiger partial charge in [-0.3, -0.25) is 4.90 Å². The maximum absolute atomic E-state index is 5.93. The molecule has 2 aromatic carbocycles. The third-order valence-corrected chi connectivity index (χ3v) is 4.17. The molecule has 0 spiro atoms. The summed E-state index contributed by atoms with van der Waals surface area (Å²) in [5, 5.41) is 0.766. The fourth-order valence-corrected chi connectivity index (χ4v) is 2.46. The first-order valence-corrected chi connectivity index (χ1v) is 7.60. The van der Waals surface area contributed by atoms with Gasteiger partial charge in [0.25, 0.3) is 0 Å². The Labute approximate surface area is 136 Å². The summed E-state index contributed by atoms with van der Waals surface area (Å²) in [6.07, 6.45) is 0. The average Bonchev–Trinajstić information content (AvgIpc) is 2.47. The van der Waals surface area contributed by atoms with Crippen molar-refractivity contribution in [3.05, 3.63) is 70.2 Å². The lowest BCUT2D eigenvalue weighted by Gasteiger charge is -2.25. The molecule has 0 bridgehead atoms. The third-order valence-electron chi connectivity index (χ3n) is 3.68. The number of hydrogen-bond acceptors (Lipinski definition) is 2. The van der Waals surface area contributed by atoms with E-state index in [9.17, 15) is 0 Å². The number of halogens is 1. The number of nitrogens with two attached hydrogens (primary N) is 1. The summed E-state index contributed by atoms with van der Waals surface area (Å²) in [7, 11) is 2.11. The standard InChI is InChI=1S/C17H19ClN2S/c1-12(14-7-9-16(18)10-8-14)20(2)11-13-3-5-15(6-4-13)17(19)21/h3-10,12H,11H2,1-2H3,(H2,19,21). The minimum atomic E-state index is 0.317. The smallest absolute Gasteiger partial charge is 0.103 e. The first-order valence-electron chi connectivity index (χ1n) is 6.82. The quantitative estimate of drug-likeness (QED) is 0.839. The van der Waals surface area contributed by atoms with Gasteiger partial charge in [-0.05, 0) is 37.2 Å². The SMILES string of the molecule is CC(c1ccc(Cl)cc1)N(C)Cc1ccc(C(N)=S)cc1. The summed E-state index contributed by atoms with van der Waals surface area (Å²) in [6.45, 7) is 3.05. The van der Waals surface area contributed by atoms with Gasteiger partial charge >= 0.3 is 0 Å². The minimum Gasteiger partial charge on any atom is -0.389 e. The van der Waals surface area contributed by atoms with Crippen molar-refractivity contribution in [1.82, 2.24) is 4.90 Å². The van der Waals surface area contributed by atoms with E-state index in [2.05, 4.69) is 43.1 Å². The lowest BCUT2D eigenvalue weighted by molar-refractivity contribution is 0.253. The largest absolute Gasteiger partial charge is 0.389 e. The van der Waals surface area contributed by atoms with Gasteiger partial charge in [-0.2, -0.15) is 0 Å². The second-order valence-electron chi connectivity index (χ2n) is 5.20. The summed E-state index contributed by atoms with van der Waals surface area (Å²) < 4.78 is 0. The normalized spacial score (nSPS) is 12.4. The molecule has 1 unspecified atom stereocenters. The first kappa shape index (κ1) is 16.0. The molecule has 0 aliphatic heterocycles. The Hall–Kier alpha value is -1.42. The highest BCUT2D eigenvalue weighted by Gasteiger charge is 2.12. The molecule has 1 atom stereocenters. The predicted molar refractivity (Wildman–Crippen MR) is 93.7 cm³/mol. The van der Waals surface area contributed by atoms with Crippen molar-refractivity contribution in [1.29, 1.82) is 0 Å². The molecule has 0 aliphatic carbocycles. The molecule has 0 amide bonds. The molecular weight excluding hydrogens is 300 g/mol. The van der Waals surface area contributed by atoms with Crippen LogP contribution in [0.15, 0.2) is 48.5 Å². The highest BCUT2D eigenvalue weighted by atomic mass is 35.5. The number of nitrogens with zero attached hydrogens (tertiary/aromatic N) is 1. The highest BCUT2D eigenvalue weighted by Crippen LogP contribution is 2.22. The predicted octanol–water partition coefficient (Wildman–Crippen LogP) is 4.17. The van der Waals surface area contributed by atoms with Crippen LogP contribution in [0.3, 0.4) is 0 Å². The Morgan fingerprint density at radius 3 is 2.24 bits per heavy atom. The van der Waals surface area contributed by atoms with E-state index >= 15 is 0 Å². The Bertz CT molecular complexity index is 608. The average molecular weight is 319 g/mol. The van der Waals surface area contributed by atoms with Gasteiger partial charge in [0.15, 0.2) is 0 Å². The molecule has 0 heterocycles. The van der Waals surface area contributed by atoms with Crippen LogP contribution < -0.4 is 5.73 Å². The number of benzene rings is 2. The van der Waals surface area contributed by atoms with E-state index in [-0.39, 0.29) is 0 Å². The van der Waals surface area contributed by atoms with Gasteiger partial charge in [-0.15, -0.1) is 0 Å². The van der Waals surface area contributed by atoms with Crippen molar-refractivity contribution in [3.8, 4) is 0 Å². The van der Waals surface area contributed by atoms with Crippen molar-refractivity contribution >= 4 is 28.8 Å². The van der Waals surface area contributed by atoms with Gasteiger partial charge in [0, 0.05) is 23.2 Å². The van der Waals surface area contributed by atoms with E-state index in [1.165, 1.54) is 11.1 Å². The first-order chi connectivity index (χ1) is 9.97. The van der Waals surface area contributed by atoms with Crippen LogP contribution in [0.5, 0.6) is 0 Å². The van der Waals surface area contributed by atoms with Crippen molar-refractivity contribution in [2.24, 2.45) is 5.73 Å². The summed E-state index contributed by atoms with van der Waals surface area (Å²) in [5.41, 5.74) is 9.00. The lowest BCUT2D eigenvalue weighted by atomic mass is 10.1. The zero-order valence-corrected chi connectivity index (χ0v) is 13.8. The van der Waals surface area contributed by atoms with Crippen LogP contribution in [-0.4, -0.2) is 16.9 Å². The van der Waals surface area contributed by atoms with Crippen molar-refractivity contribution in [2.45, 2.75) is 19.5 Å². The number of thiocarbonyl (C=S) groups is 1. The maximum Gasteiger partial charge on any atom is 0.103 e. The second-order valence-corrected chi connectivity index (χ2v) is 6.08. The van der Waals surface area contributed by atoms with Crippen molar-refractivity contribution in [3.63, 3.8) is 0 Å². The summed E-state index contributed by atoms with van der Waals surface area (Å²) >= 11 is 10.9. The third kappa shape index (κ3) is 4.27. The molecule has 0 fully saturated rings. The molecule has 2 aromatic rings. The zero-order chi connectivity index (χ0) is 15.4. The molecule has 2 rings (SSSR count). The Balaban J connectivity index is 2.04. The van der Waals surface area contributed by atoms with E-state index in [1.807, 2.05) is 24.3 Å². The fourth-order valence-electron chi connectivity index (χ4n) is 2.20. The zero-order valence-electron chi connectivity index (χ0n) is 12.2. The van der Waals surface area contributed by atoms with Gasteiger partial charge in [-0.25, -0.2) is 0 Å². The van der Waals surface area contributed by atoms with E-state index in [1.54, 1.807) is 0 Å². The van der Waals surface area contributed by atoms with Gasteiger partial charge < -0.3 is 5.73 Å². The topological polar surface area (TPSA) is 29.3 Å². The Morgan fingerprint density at radius 2 is 1.71 bits per heavy atom. The van der Waals surface area contributed by atoms with E-state index in [4.69, 9.17) is 29.6 Å². The Morgan fingerprint density at radius 1 is 1.14 bits per heavy atom. The fraction of sp³-hybridized carbons (Fsp3) is 0.235. The molecule has 4 heteroatoms. The molecule has 0 radical (unpaired) electrons. The van der Waals surface area contributed by atoms with Crippen molar-refractivity contribution < 1.29 is 0 Å². The minimum absolute atomic E-state index is 0.317. The van der Waals surface area contributed by atoms with Crippen LogP contribution in [0.4, 0.5) is 0 Å². The van der Waals surface area contributed by atoms with Crippen molar-refractivity contribution in [2.75, 3.05) is 7.05 Å². The molecule has 0 saturated heterocycles. The van der Waals surface area contributed by atoms with E-state index in [0.717, 1.165) is 17.1 Å². The van der Waals surface area contributed by atoms with Gasteiger partial charge in [-0.1, -0.05) is 60.2 Å². The molecule has 2 nitrogen and oxygen atoms in total. The Kier molecular flexibility index (Phi) is 5.34. The van der Waals surface area contributed by atoms with E-state index < -0.39 is 0 Å². The lowest BCUT2D eigenvalue weighted by Crippen LogP contribution is -2.22. The van der Waals surface area contributed by atoms with Crippen LogP contribution in [0.25, 0.3) is 0 Å². The molecule has 0 saturated carbocycles. The van der Waals surface area contributed by atoms with Gasteiger partial charge in [0.2, 0.25) is 0 Å². The van der Waals surface area contributed by atoms with Crippen LogP contribution in [0.1, 0.15) is 29.7 Å². The number of rotatable bonds is 5. The molecule has 2 N–H and O–H groups in total. The van der Waals surface area contributed by atoms with Gasteiger partial charge in [0.05, 0.1) is 0 Å². The van der Waals surface area contributed by atoms with E-state index in [0.29, 0.717) is 11.0 Å². The summed E-state index contributed by atoms with van der Waals surface area (Å²) in [5.74, 6) is 0. The molecule has 0 aromatic heterocycles. The monoisotopic (exact) mass is 318 g/mol. The van der Waals surface area contributed by atoms with Crippen LogP contribution in [-0.2, 0) is 6.54 Å². The summed E-state index contributed by atoms with van der Waals surface area (Å²) in [4.78, 5) is 2.73. The maximum atomic E-state index is 5.93. The molecular formula is C17H19ClN2S. The molecule has 110 valence electrons. The molecule has 21 heavy (non-hydrogen) atoms. The van der Waals surface area contributed by atoms with Crippen LogP contribution in [0, 0.1) is 0 Å².